The molecule has 2 N–H and O–H groups in total. The first kappa shape index (κ1) is 11.5. The highest BCUT2D eigenvalue weighted by Gasteiger charge is 2.22. The zero-order chi connectivity index (χ0) is 11.6. The van der Waals surface area contributed by atoms with Crippen molar-refractivity contribution in [2.24, 2.45) is 0 Å². The van der Waals surface area contributed by atoms with Crippen molar-refractivity contribution in [3.8, 4) is 17.2 Å². The van der Waals surface area contributed by atoms with Crippen molar-refractivity contribution < 1.29 is 24.5 Å². The minimum Gasteiger partial charge on any atom is -0.507 e. The van der Waals surface area contributed by atoms with Crippen LogP contribution in [0.5, 0.6) is 17.2 Å². The molecule has 0 saturated carbocycles. The Hall–Kier alpha value is -1.62. The fourth-order valence-electron chi connectivity index (χ4n) is 1.14. The molecule has 0 saturated heterocycles. The Labute approximate surface area is 90.8 Å². The first-order valence-corrected chi connectivity index (χ1v) is 4.27. The van der Waals surface area contributed by atoms with Crippen LogP contribution in [0.1, 0.15) is 10.4 Å². The minimum atomic E-state index is -1.33. The van der Waals surface area contributed by atoms with E-state index in [1.54, 1.807) is 0 Å². The van der Waals surface area contributed by atoms with Gasteiger partial charge in [-0.1, -0.05) is 11.6 Å². The van der Waals surface area contributed by atoms with Crippen molar-refractivity contribution >= 4 is 17.6 Å². The maximum absolute atomic E-state index is 10.8. The van der Waals surface area contributed by atoms with Crippen LogP contribution in [0.3, 0.4) is 0 Å². The van der Waals surface area contributed by atoms with Gasteiger partial charge in [-0.05, 0) is 0 Å². The standard InChI is InChI=1S/C9H9ClO5/c1-14-5-3-4(11)6(9(12)13)7(10)8(5)15-2/h3,11H,1-2H3,(H,12,13). The van der Waals surface area contributed by atoms with Crippen LogP contribution in [-0.2, 0) is 0 Å². The lowest BCUT2D eigenvalue weighted by Crippen LogP contribution is -2.01. The Kier molecular flexibility index (Phi) is 3.26. The van der Waals surface area contributed by atoms with E-state index in [1.807, 2.05) is 0 Å². The molecule has 0 radical (unpaired) electrons. The quantitative estimate of drug-likeness (QED) is 0.831. The molecule has 0 fully saturated rings. The number of carbonyl (C=O) groups is 1. The summed E-state index contributed by atoms with van der Waals surface area (Å²) in [5.41, 5.74) is -0.408. The Bertz CT molecular complexity index is 402. The van der Waals surface area contributed by atoms with Gasteiger partial charge in [0.25, 0.3) is 0 Å². The van der Waals surface area contributed by atoms with E-state index >= 15 is 0 Å². The molecule has 1 aromatic carbocycles. The van der Waals surface area contributed by atoms with Gasteiger partial charge in [0.1, 0.15) is 16.3 Å². The van der Waals surface area contributed by atoms with Gasteiger partial charge in [-0.25, -0.2) is 4.79 Å². The summed E-state index contributed by atoms with van der Waals surface area (Å²) >= 11 is 5.75. The largest absolute Gasteiger partial charge is 0.507 e. The van der Waals surface area contributed by atoms with Gasteiger partial charge in [-0.2, -0.15) is 0 Å². The van der Waals surface area contributed by atoms with Crippen LogP contribution in [-0.4, -0.2) is 30.4 Å². The molecule has 82 valence electrons. The predicted molar refractivity (Wildman–Crippen MR) is 53.2 cm³/mol. The summed E-state index contributed by atoms with van der Waals surface area (Å²) in [5.74, 6) is -1.55. The molecule has 0 unspecified atom stereocenters. The topological polar surface area (TPSA) is 76.0 Å². The highest BCUT2D eigenvalue weighted by Crippen LogP contribution is 2.42. The number of benzene rings is 1. The first-order chi connectivity index (χ1) is 7.02. The zero-order valence-corrected chi connectivity index (χ0v) is 8.83. The third-order valence-corrected chi connectivity index (χ3v) is 2.17. The van der Waals surface area contributed by atoms with Gasteiger partial charge in [-0.15, -0.1) is 0 Å². The number of carboxylic acid groups (broad SMARTS) is 1. The summed E-state index contributed by atoms with van der Waals surface area (Å²) in [7, 11) is 2.68. The van der Waals surface area contributed by atoms with Crippen LogP contribution in [0.15, 0.2) is 6.07 Å². The summed E-state index contributed by atoms with van der Waals surface area (Å²) in [5, 5.41) is 18.0. The molecule has 0 aliphatic carbocycles. The molecular formula is C9H9ClO5. The summed E-state index contributed by atoms with van der Waals surface area (Å²) in [4.78, 5) is 10.8. The Morgan fingerprint density at radius 2 is 2.00 bits per heavy atom. The number of rotatable bonds is 3. The number of aromatic carboxylic acids is 1. The number of ether oxygens (including phenoxy) is 2. The molecule has 0 bridgehead atoms. The number of phenols is 1. The van der Waals surface area contributed by atoms with Gasteiger partial charge in [0.05, 0.1) is 14.2 Å². The highest BCUT2D eigenvalue weighted by atomic mass is 35.5. The van der Waals surface area contributed by atoms with E-state index in [0.29, 0.717) is 0 Å². The van der Waals surface area contributed by atoms with Gasteiger partial charge in [0.15, 0.2) is 11.5 Å². The van der Waals surface area contributed by atoms with E-state index in [0.717, 1.165) is 6.07 Å². The molecule has 0 aliphatic heterocycles. The van der Waals surface area contributed by atoms with Crippen LogP contribution in [0.25, 0.3) is 0 Å². The minimum absolute atomic E-state index is 0.0781. The molecule has 1 rings (SSSR count). The highest BCUT2D eigenvalue weighted by molar-refractivity contribution is 6.35. The van der Waals surface area contributed by atoms with Crippen molar-refractivity contribution in [2.45, 2.75) is 0 Å². The molecule has 0 atom stereocenters. The number of hydrogen-bond acceptors (Lipinski definition) is 4. The van der Waals surface area contributed by atoms with Gasteiger partial charge < -0.3 is 19.7 Å². The average Bonchev–Trinajstić information content (AvgIpc) is 2.16. The second-order valence-electron chi connectivity index (χ2n) is 2.63. The second kappa shape index (κ2) is 4.27. The fraction of sp³-hybridized carbons (Fsp3) is 0.222. The lowest BCUT2D eigenvalue weighted by Gasteiger charge is -2.12. The van der Waals surface area contributed by atoms with Gasteiger partial charge >= 0.3 is 5.97 Å². The van der Waals surface area contributed by atoms with Gasteiger partial charge in [0.2, 0.25) is 0 Å². The Morgan fingerprint density at radius 1 is 1.40 bits per heavy atom. The summed E-state index contributed by atoms with van der Waals surface area (Å²) < 4.78 is 9.75. The smallest absolute Gasteiger partial charge is 0.341 e. The van der Waals surface area contributed by atoms with Crippen molar-refractivity contribution in [1.82, 2.24) is 0 Å². The van der Waals surface area contributed by atoms with Crippen LogP contribution in [0.4, 0.5) is 0 Å². The van der Waals surface area contributed by atoms with Gasteiger partial charge in [-0.3, -0.25) is 0 Å². The molecule has 0 amide bonds. The van der Waals surface area contributed by atoms with E-state index in [9.17, 15) is 9.90 Å². The van der Waals surface area contributed by atoms with Crippen molar-refractivity contribution in [3.05, 3.63) is 16.7 Å². The van der Waals surface area contributed by atoms with Crippen LogP contribution < -0.4 is 9.47 Å². The Morgan fingerprint density at radius 3 is 2.40 bits per heavy atom. The third-order valence-electron chi connectivity index (χ3n) is 1.80. The van der Waals surface area contributed by atoms with E-state index < -0.39 is 17.3 Å². The lowest BCUT2D eigenvalue weighted by molar-refractivity contribution is 0.0693. The van der Waals surface area contributed by atoms with Crippen LogP contribution in [0, 0.1) is 0 Å². The van der Waals surface area contributed by atoms with Gasteiger partial charge in [0, 0.05) is 6.07 Å². The third kappa shape index (κ3) is 1.92. The number of methoxy groups -OCH3 is 2. The molecule has 0 spiro atoms. The first-order valence-electron chi connectivity index (χ1n) is 3.89. The summed E-state index contributed by atoms with van der Waals surface area (Å²) in [6.07, 6.45) is 0. The van der Waals surface area contributed by atoms with Crippen molar-refractivity contribution in [2.75, 3.05) is 14.2 Å². The maximum atomic E-state index is 10.8. The molecule has 5 nitrogen and oxygen atoms in total. The van der Waals surface area contributed by atoms with E-state index in [-0.39, 0.29) is 16.5 Å². The molecule has 0 heterocycles. The SMILES string of the molecule is COc1cc(O)c(C(=O)O)c(Cl)c1OC. The predicted octanol–water partition coefficient (Wildman–Crippen LogP) is 1.76. The van der Waals surface area contributed by atoms with E-state index in [4.69, 9.17) is 26.2 Å². The zero-order valence-electron chi connectivity index (χ0n) is 8.07. The molecule has 6 heteroatoms. The number of halogens is 1. The Balaban J connectivity index is 3.51. The summed E-state index contributed by atoms with van der Waals surface area (Å²) in [6, 6.07) is 1.13. The summed E-state index contributed by atoms with van der Waals surface area (Å²) in [6.45, 7) is 0. The average molecular weight is 233 g/mol. The van der Waals surface area contributed by atoms with Crippen molar-refractivity contribution in [3.63, 3.8) is 0 Å². The fourth-order valence-corrected chi connectivity index (χ4v) is 1.49. The normalized spacial score (nSPS) is 9.80. The molecule has 0 aromatic heterocycles. The van der Waals surface area contributed by atoms with Crippen LogP contribution >= 0.6 is 11.6 Å². The lowest BCUT2D eigenvalue weighted by atomic mass is 10.1. The van der Waals surface area contributed by atoms with E-state index in [1.165, 1.54) is 14.2 Å². The number of hydrogen-bond donors (Lipinski definition) is 2. The molecule has 15 heavy (non-hydrogen) atoms. The van der Waals surface area contributed by atoms with Crippen molar-refractivity contribution in [1.29, 1.82) is 0 Å². The number of aromatic hydroxyl groups is 1. The van der Waals surface area contributed by atoms with Crippen LogP contribution in [0.2, 0.25) is 5.02 Å². The monoisotopic (exact) mass is 232 g/mol. The maximum Gasteiger partial charge on any atom is 0.341 e. The molecule has 1 aromatic rings. The molecular weight excluding hydrogens is 224 g/mol. The van der Waals surface area contributed by atoms with E-state index in [2.05, 4.69) is 0 Å². The number of carboxylic acids is 1. The second-order valence-corrected chi connectivity index (χ2v) is 3.00. The molecule has 0 aliphatic rings.